The molecule has 0 unspecified atom stereocenters. The van der Waals surface area contributed by atoms with Crippen molar-refractivity contribution < 1.29 is 9.59 Å². The molecule has 0 fully saturated rings. The number of para-hydroxylation sites is 1. The van der Waals surface area contributed by atoms with Gasteiger partial charge in [0, 0.05) is 6.54 Å². The number of anilines is 1. The zero-order valence-electron chi connectivity index (χ0n) is 8.11. The van der Waals surface area contributed by atoms with E-state index in [2.05, 4.69) is 4.99 Å². The van der Waals surface area contributed by atoms with Gasteiger partial charge in [-0.3, -0.25) is 4.90 Å². The molecule has 0 N–H and O–H groups in total. The fraction of sp³-hybridized carbons (Fsp3) is 0.200. The third-order valence-corrected chi connectivity index (χ3v) is 2.15. The fourth-order valence-electron chi connectivity index (χ4n) is 1.18. The first-order valence-corrected chi connectivity index (χ1v) is 4.72. The molecule has 0 aliphatic carbocycles. The number of aliphatic imine (C=N–C) groups is 1. The van der Waals surface area contributed by atoms with Crippen molar-refractivity contribution in [1.82, 2.24) is 0 Å². The van der Waals surface area contributed by atoms with Crippen LogP contribution >= 0.6 is 11.6 Å². The summed E-state index contributed by atoms with van der Waals surface area (Å²) < 4.78 is 0. The van der Waals surface area contributed by atoms with E-state index in [1.165, 1.54) is 11.0 Å². The minimum absolute atomic E-state index is 0.383. The second kappa shape index (κ2) is 5.29. The highest BCUT2D eigenvalue weighted by Crippen LogP contribution is 2.25. The predicted octanol–water partition coefficient (Wildman–Crippen LogP) is 2.62. The van der Waals surface area contributed by atoms with E-state index in [1.54, 1.807) is 31.2 Å². The Morgan fingerprint density at radius 2 is 2.20 bits per heavy atom. The Morgan fingerprint density at radius 1 is 1.53 bits per heavy atom. The average Bonchev–Trinajstić information content (AvgIpc) is 2.22. The first kappa shape index (κ1) is 11.4. The van der Waals surface area contributed by atoms with Gasteiger partial charge >= 0.3 is 6.03 Å². The zero-order valence-corrected chi connectivity index (χ0v) is 8.86. The Morgan fingerprint density at radius 3 is 2.73 bits per heavy atom. The van der Waals surface area contributed by atoms with Crippen LogP contribution in [0.3, 0.4) is 0 Å². The van der Waals surface area contributed by atoms with E-state index >= 15 is 0 Å². The van der Waals surface area contributed by atoms with Crippen molar-refractivity contribution in [3.63, 3.8) is 0 Å². The van der Waals surface area contributed by atoms with Crippen LogP contribution in [-0.2, 0) is 4.79 Å². The van der Waals surface area contributed by atoms with E-state index in [-0.39, 0.29) is 0 Å². The van der Waals surface area contributed by atoms with Gasteiger partial charge in [0.15, 0.2) is 0 Å². The summed E-state index contributed by atoms with van der Waals surface area (Å²) in [6, 6.07) is 6.19. The monoisotopic (exact) mass is 224 g/mol. The SMILES string of the molecule is CCN(C(=O)N=C=O)c1ccccc1Cl. The molecule has 0 bridgehead atoms. The van der Waals surface area contributed by atoms with Gasteiger partial charge in [-0.25, -0.2) is 9.59 Å². The predicted molar refractivity (Wildman–Crippen MR) is 58.0 cm³/mol. The first-order valence-electron chi connectivity index (χ1n) is 4.34. The van der Waals surface area contributed by atoms with Crippen LogP contribution in [0.2, 0.25) is 5.02 Å². The van der Waals surface area contributed by atoms with Crippen molar-refractivity contribution in [2.45, 2.75) is 6.92 Å². The maximum Gasteiger partial charge on any atom is 0.358 e. The van der Waals surface area contributed by atoms with Crippen molar-refractivity contribution >= 4 is 29.4 Å². The van der Waals surface area contributed by atoms with Gasteiger partial charge < -0.3 is 0 Å². The molecule has 0 aliphatic heterocycles. The Labute approximate surface area is 92.2 Å². The molecule has 1 rings (SSSR count). The number of carbonyl (C=O) groups excluding carboxylic acids is 2. The van der Waals surface area contributed by atoms with Gasteiger partial charge in [0.25, 0.3) is 0 Å². The van der Waals surface area contributed by atoms with Crippen LogP contribution in [-0.4, -0.2) is 18.7 Å². The topological polar surface area (TPSA) is 49.7 Å². The molecule has 0 aliphatic rings. The quantitative estimate of drug-likeness (QED) is 0.573. The molecule has 15 heavy (non-hydrogen) atoms. The van der Waals surface area contributed by atoms with Gasteiger partial charge in [0.05, 0.1) is 10.7 Å². The van der Waals surface area contributed by atoms with E-state index < -0.39 is 6.03 Å². The minimum atomic E-state index is -0.666. The van der Waals surface area contributed by atoms with Gasteiger partial charge in [-0.15, -0.1) is 4.99 Å². The first-order chi connectivity index (χ1) is 7.20. The van der Waals surface area contributed by atoms with Crippen molar-refractivity contribution in [3.05, 3.63) is 29.3 Å². The number of benzene rings is 1. The highest BCUT2D eigenvalue weighted by atomic mass is 35.5. The number of carbonyl (C=O) groups is 1. The molecule has 0 heterocycles. The largest absolute Gasteiger partial charge is 0.358 e. The van der Waals surface area contributed by atoms with Crippen molar-refractivity contribution in [2.24, 2.45) is 4.99 Å². The van der Waals surface area contributed by atoms with Gasteiger partial charge in [-0.1, -0.05) is 23.7 Å². The summed E-state index contributed by atoms with van der Waals surface area (Å²) in [5.74, 6) is 0. The van der Waals surface area contributed by atoms with Gasteiger partial charge in [0.2, 0.25) is 6.08 Å². The summed E-state index contributed by atoms with van der Waals surface area (Å²) in [4.78, 5) is 25.7. The summed E-state index contributed by atoms with van der Waals surface area (Å²) in [5, 5.41) is 0.439. The van der Waals surface area contributed by atoms with Crippen molar-refractivity contribution in [1.29, 1.82) is 0 Å². The number of isocyanates is 1. The molecule has 0 atom stereocenters. The molecule has 0 radical (unpaired) electrons. The maximum absolute atomic E-state index is 11.4. The summed E-state index contributed by atoms with van der Waals surface area (Å²) >= 11 is 5.91. The molecule has 1 aromatic carbocycles. The molecule has 0 saturated carbocycles. The third-order valence-electron chi connectivity index (χ3n) is 1.83. The zero-order chi connectivity index (χ0) is 11.3. The van der Waals surface area contributed by atoms with Gasteiger partial charge in [-0.2, -0.15) is 0 Å². The van der Waals surface area contributed by atoms with Crippen LogP contribution in [0.5, 0.6) is 0 Å². The summed E-state index contributed by atoms with van der Waals surface area (Å²) in [7, 11) is 0. The number of amides is 2. The third kappa shape index (κ3) is 2.65. The highest BCUT2D eigenvalue weighted by molar-refractivity contribution is 6.33. The number of urea groups is 1. The summed E-state index contributed by atoms with van der Waals surface area (Å²) in [6.07, 6.45) is 1.21. The van der Waals surface area contributed by atoms with E-state index in [0.717, 1.165) is 0 Å². The van der Waals surface area contributed by atoms with Crippen LogP contribution in [0.1, 0.15) is 6.92 Å². The highest BCUT2D eigenvalue weighted by Gasteiger charge is 2.14. The summed E-state index contributed by atoms with van der Waals surface area (Å²) in [5.41, 5.74) is 0.533. The van der Waals surface area contributed by atoms with Crippen molar-refractivity contribution in [3.8, 4) is 0 Å². The second-order valence-electron chi connectivity index (χ2n) is 2.68. The smallest absolute Gasteiger partial charge is 0.291 e. The Kier molecular flexibility index (Phi) is 4.03. The molecule has 0 saturated heterocycles. The number of rotatable bonds is 2. The summed E-state index contributed by atoms with van der Waals surface area (Å²) in [6.45, 7) is 2.15. The van der Waals surface area contributed by atoms with Crippen LogP contribution < -0.4 is 4.90 Å². The van der Waals surface area contributed by atoms with E-state index in [0.29, 0.717) is 17.3 Å². The van der Waals surface area contributed by atoms with Gasteiger partial charge in [-0.05, 0) is 19.1 Å². The van der Waals surface area contributed by atoms with Crippen LogP contribution in [0.15, 0.2) is 29.3 Å². The van der Waals surface area contributed by atoms with Crippen molar-refractivity contribution in [2.75, 3.05) is 11.4 Å². The molecule has 0 aromatic heterocycles. The lowest BCUT2D eigenvalue weighted by Gasteiger charge is -2.18. The number of hydrogen-bond donors (Lipinski definition) is 0. The standard InChI is InChI=1S/C10H9ClN2O2/c1-2-13(10(15)12-7-14)9-6-4-3-5-8(9)11/h3-6H,2H2,1H3. The number of halogens is 1. The molecule has 2 amide bonds. The number of hydrogen-bond acceptors (Lipinski definition) is 2. The molecule has 0 spiro atoms. The molecule has 1 aromatic rings. The van der Waals surface area contributed by atoms with Crippen LogP contribution in [0.25, 0.3) is 0 Å². The van der Waals surface area contributed by atoms with Crippen LogP contribution in [0, 0.1) is 0 Å². The minimum Gasteiger partial charge on any atom is -0.291 e. The number of nitrogens with zero attached hydrogens (tertiary/aromatic N) is 2. The Hall–Kier alpha value is -1.64. The average molecular weight is 225 g/mol. The maximum atomic E-state index is 11.4. The lowest BCUT2D eigenvalue weighted by atomic mass is 10.3. The van der Waals surface area contributed by atoms with Crippen LogP contribution in [0.4, 0.5) is 10.5 Å². The molecular weight excluding hydrogens is 216 g/mol. The molecule has 4 nitrogen and oxygen atoms in total. The normalized spacial score (nSPS) is 9.20. The van der Waals surface area contributed by atoms with E-state index in [4.69, 9.17) is 11.6 Å². The molecular formula is C10H9ClN2O2. The Balaban J connectivity index is 3.07. The molecule has 78 valence electrons. The van der Waals surface area contributed by atoms with E-state index in [9.17, 15) is 9.59 Å². The Bertz CT molecular complexity index is 414. The fourth-order valence-corrected chi connectivity index (χ4v) is 1.42. The molecule has 5 heteroatoms. The lowest BCUT2D eigenvalue weighted by Crippen LogP contribution is -2.27. The lowest BCUT2D eigenvalue weighted by molar-refractivity contribution is 0.254. The van der Waals surface area contributed by atoms with E-state index in [1.807, 2.05) is 0 Å². The second-order valence-corrected chi connectivity index (χ2v) is 3.09. The van der Waals surface area contributed by atoms with Gasteiger partial charge in [0.1, 0.15) is 0 Å².